The number of carboxylic acid groups (broad SMARTS) is 1. The summed E-state index contributed by atoms with van der Waals surface area (Å²) in [5, 5.41) is 11.0. The maximum atomic E-state index is 14.0. The van der Waals surface area contributed by atoms with Crippen molar-refractivity contribution in [2.75, 3.05) is 73.8 Å². The van der Waals surface area contributed by atoms with Crippen molar-refractivity contribution in [3.8, 4) is 0 Å². The van der Waals surface area contributed by atoms with E-state index in [-0.39, 0.29) is 35.7 Å². The average Bonchev–Trinajstić information content (AvgIpc) is 3.02. The Kier molecular flexibility index (Phi) is 20.7. The highest BCUT2D eigenvalue weighted by Crippen LogP contribution is 2.44. The molecule has 0 spiro atoms. The summed E-state index contributed by atoms with van der Waals surface area (Å²) in [5.74, 6) is -1.10. The highest BCUT2D eigenvalue weighted by molar-refractivity contribution is 7.85. The summed E-state index contributed by atoms with van der Waals surface area (Å²) in [6, 6.07) is 0. The molecule has 0 aromatic rings. The number of carbonyl (C=O) groups excluding carboxylic acids is 4. The molecule has 0 saturated heterocycles. The molecular weight excluding hydrogens is 685 g/mol. The lowest BCUT2D eigenvalue weighted by atomic mass is 9.65. The van der Waals surface area contributed by atoms with Gasteiger partial charge in [-0.05, 0) is 56.8 Å². The number of aliphatic carboxylic acids is 1. The Labute approximate surface area is 317 Å². The molecule has 0 amide bonds. The number of rotatable bonds is 30. The number of quaternary nitrogens is 2. The van der Waals surface area contributed by atoms with Crippen LogP contribution in [0.2, 0.25) is 0 Å². The van der Waals surface area contributed by atoms with Gasteiger partial charge in [-0.15, -0.1) is 0 Å². The van der Waals surface area contributed by atoms with E-state index in [2.05, 4.69) is 20.8 Å². The fraction of sp³-hybridized carbons (Fsp3) is 0.900. The third kappa shape index (κ3) is 20.7. The molecule has 11 nitrogen and oxygen atoms in total. The molecule has 0 aliphatic rings. The molecule has 0 bridgehead atoms. The van der Waals surface area contributed by atoms with Crippen molar-refractivity contribution in [3.63, 3.8) is 0 Å². The van der Waals surface area contributed by atoms with Crippen LogP contribution < -0.4 is 5.11 Å². The van der Waals surface area contributed by atoms with Gasteiger partial charge in [-0.1, -0.05) is 48.5 Å². The van der Waals surface area contributed by atoms with Gasteiger partial charge in [-0.3, -0.25) is 14.4 Å². The summed E-state index contributed by atoms with van der Waals surface area (Å²) in [4.78, 5) is 52.7. The normalized spacial score (nSPS) is 16.5. The lowest BCUT2D eigenvalue weighted by Gasteiger charge is -2.38. The predicted molar refractivity (Wildman–Crippen MR) is 204 cm³/mol. The second-order valence-electron chi connectivity index (χ2n) is 18.8. The van der Waals surface area contributed by atoms with E-state index in [9.17, 15) is 37.3 Å². The zero-order chi connectivity index (χ0) is 40.7. The molecule has 306 valence electrons. The second-order valence-corrected chi connectivity index (χ2v) is 20.3. The Morgan fingerprint density at radius 3 is 1.37 bits per heavy atom. The summed E-state index contributed by atoms with van der Waals surface area (Å²) < 4.78 is 39.7. The van der Waals surface area contributed by atoms with Crippen molar-refractivity contribution in [2.45, 2.75) is 138 Å². The molecule has 0 fully saturated rings. The van der Waals surface area contributed by atoms with Crippen molar-refractivity contribution >= 4 is 33.4 Å². The number of carbonyl (C=O) groups is 4. The largest absolute Gasteiger partial charge is 0.748 e. The number of methoxy groups -OCH3 is 1. The summed E-state index contributed by atoms with van der Waals surface area (Å²) in [7, 11) is 4.94. The molecule has 0 N–H and O–H groups in total. The first kappa shape index (κ1) is 50.3. The third-order valence-electron chi connectivity index (χ3n) is 11.6. The zero-order valence-electron chi connectivity index (χ0n) is 35.1. The smallest absolute Gasteiger partial charge is 0.138 e. The van der Waals surface area contributed by atoms with Gasteiger partial charge < -0.3 is 28.2 Å². The van der Waals surface area contributed by atoms with Crippen molar-refractivity contribution < 1.29 is 51.0 Å². The number of ketones is 3. The molecule has 0 saturated carbocycles. The highest BCUT2D eigenvalue weighted by atomic mass is 32.2. The van der Waals surface area contributed by atoms with E-state index in [1.165, 1.54) is 0 Å². The van der Waals surface area contributed by atoms with E-state index >= 15 is 0 Å². The van der Waals surface area contributed by atoms with Crippen LogP contribution in [0.3, 0.4) is 0 Å². The second kappa shape index (κ2) is 21.4. The van der Waals surface area contributed by atoms with Crippen LogP contribution in [-0.2, 0) is 34.0 Å². The minimum Gasteiger partial charge on any atom is -0.748 e. The van der Waals surface area contributed by atoms with Gasteiger partial charge in [0.25, 0.3) is 0 Å². The predicted octanol–water partition coefficient (Wildman–Crippen LogP) is 5.33. The number of carboxylic acids is 1. The summed E-state index contributed by atoms with van der Waals surface area (Å²) >= 11 is 0. The third-order valence-corrected chi connectivity index (χ3v) is 12.3. The Balaban J connectivity index is 6.04. The van der Waals surface area contributed by atoms with Crippen LogP contribution in [0, 0.1) is 21.7 Å². The number of Topliss-reactive ketones (excluding diaryl/α,β-unsaturated/α-hetero) is 3. The number of hydrogen-bond donors (Lipinski definition) is 0. The van der Waals surface area contributed by atoms with Gasteiger partial charge in [0.1, 0.15) is 27.5 Å². The van der Waals surface area contributed by atoms with E-state index in [0.717, 1.165) is 6.42 Å². The molecule has 0 aromatic carbocycles. The van der Waals surface area contributed by atoms with Gasteiger partial charge in [0.05, 0.1) is 60.1 Å². The molecule has 3 atom stereocenters. The van der Waals surface area contributed by atoms with Crippen LogP contribution in [0.25, 0.3) is 0 Å². The van der Waals surface area contributed by atoms with Gasteiger partial charge in [0.2, 0.25) is 0 Å². The number of ether oxygens (including phenoxy) is 1. The minimum atomic E-state index is -4.32. The van der Waals surface area contributed by atoms with Crippen LogP contribution in [0.15, 0.2) is 0 Å². The van der Waals surface area contributed by atoms with E-state index < -0.39 is 38.1 Å². The zero-order valence-corrected chi connectivity index (χ0v) is 35.9. The molecule has 52 heavy (non-hydrogen) atoms. The van der Waals surface area contributed by atoms with Crippen LogP contribution in [0.4, 0.5) is 0 Å². The number of nitrogens with zero attached hydrogens (tertiary/aromatic N) is 2. The standard InChI is InChI=1S/C40H76N2O9S/c1-13-38(5,33(43)17-14-27-41(8,9)29-20-36(46)47)23-24-40(7,35(45)19-16-31-51-12)26-25-39(6,22-21-37(2,3)4)34(44)18-15-28-42(10,11)30-32-52(48,49)50/h13-32H2,1-12H3. The summed E-state index contributed by atoms with van der Waals surface area (Å²) in [6.45, 7) is 16.8. The monoisotopic (exact) mass is 761 g/mol. The van der Waals surface area contributed by atoms with Crippen molar-refractivity contribution in [2.24, 2.45) is 21.7 Å². The maximum Gasteiger partial charge on any atom is 0.138 e. The molecule has 12 heteroatoms. The summed E-state index contributed by atoms with van der Waals surface area (Å²) in [6.07, 6.45) is 7.15. The lowest BCUT2D eigenvalue weighted by Crippen LogP contribution is -2.44. The molecule has 0 heterocycles. The van der Waals surface area contributed by atoms with Crippen molar-refractivity contribution in [3.05, 3.63) is 0 Å². The SMILES string of the molecule is CCC(C)(CCC(C)(CCC(C)(CCC(C)(C)C)C(=O)CCC[N+](C)(C)CCS(=O)(=O)[O-])C(=O)CCCOC)C(=O)CCC[N+](C)(C)CCC(=O)[O-]. The topological polar surface area (TPSA) is 158 Å². The van der Waals surface area contributed by atoms with Gasteiger partial charge in [-0.25, -0.2) is 8.42 Å². The van der Waals surface area contributed by atoms with E-state index in [0.29, 0.717) is 112 Å². The summed E-state index contributed by atoms with van der Waals surface area (Å²) in [5.41, 5.74) is -2.00. The Bertz CT molecular complexity index is 1260. The van der Waals surface area contributed by atoms with Crippen LogP contribution in [-0.4, -0.2) is 119 Å². The minimum absolute atomic E-state index is 0.00831. The van der Waals surface area contributed by atoms with Crippen molar-refractivity contribution in [1.29, 1.82) is 0 Å². The lowest BCUT2D eigenvalue weighted by molar-refractivity contribution is -0.890. The van der Waals surface area contributed by atoms with Gasteiger partial charge in [-0.2, -0.15) is 0 Å². The number of hydrogen-bond acceptors (Lipinski definition) is 9. The molecule has 3 unspecified atom stereocenters. The van der Waals surface area contributed by atoms with Crippen LogP contribution in [0.1, 0.15) is 138 Å². The molecule has 0 aliphatic carbocycles. The van der Waals surface area contributed by atoms with E-state index in [4.69, 9.17) is 4.74 Å². The fourth-order valence-corrected chi connectivity index (χ4v) is 7.39. The quantitative estimate of drug-likeness (QED) is 0.0536. The first-order valence-electron chi connectivity index (χ1n) is 19.4. The Morgan fingerprint density at radius 1 is 0.596 bits per heavy atom. The molecular formula is C40H76N2O9S. The van der Waals surface area contributed by atoms with Gasteiger partial charge in [0.15, 0.2) is 0 Å². The van der Waals surface area contributed by atoms with Gasteiger partial charge in [0, 0.05) is 74.5 Å². The molecule has 0 aliphatic heterocycles. The van der Waals surface area contributed by atoms with Gasteiger partial charge >= 0.3 is 0 Å². The Hall–Kier alpha value is -1.73. The molecule has 0 aromatic heterocycles. The molecule has 0 rings (SSSR count). The Morgan fingerprint density at radius 2 is 0.981 bits per heavy atom. The van der Waals surface area contributed by atoms with Crippen LogP contribution in [0.5, 0.6) is 0 Å². The fourth-order valence-electron chi connectivity index (χ4n) is 6.67. The van der Waals surface area contributed by atoms with Crippen molar-refractivity contribution in [1.82, 2.24) is 0 Å². The maximum absolute atomic E-state index is 14.0. The van der Waals surface area contributed by atoms with Crippen LogP contribution >= 0.6 is 0 Å². The first-order valence-corrected chi connectivity index (χ1v) is 21.0. The van der Waals surface area contributed by atoms with E-state index in [1.54, 1.807) is 7.11 Å². The molecule has 0 radical (unpaired) electrons. The highest BCUT2D eigenvalue weighted by Gasteiger charge is 2.41. The first-order chi connectivity index (χ1) is 23.5. The average molecular weight is 761 g/mol. The van der Waals surface area contributed by atoms with E-state index in [1.807, 2.05) is 55.9 Å².